The highest BCUT2D eigenvalue weighted by atomic mass is 79.9. The third-order valence-electron chi connectivity index (χ3n) is 1.81. The van der Waals surface area contributed by atoms with Gasteiger partial charge in [-0.3, -0.25) is 0 Å². The molecule has 82 valence electrons. The van der Waals surface area contributed by atoms with E-state index in [2.05, 4.69) is 22.5 Å². The predicted molar refractivity (Wildman–Crippen MR) is 60.6 cm³/mol. The van der Waals surface area contributed by atoms with Crippen LogP contribution < -0.4 is 4.74 Å². The van der Waals surface area contributed by atoms with Crippen molar-refractivity contribution in [3.8, 4) is 5.75 Å². The van der Waals surface area contributed by atoms with Crippen LogP contribution in [0.15, 0.2) is 29.3 Å². The summed E-state index contributed by atoms with van der Waals surface area (Å²) in [7, 11) is 0. The molecule has 0 heterocycles. The maximum absolute atomic E-state index is 12.9. The maximum atomic E-state index is 12.9. The van der Waals surface area contributed by atoms with Gasteiger partial charge in [-0.25, -0.2) is 4.39 Å². The standard InChI is InChI=1S/C11H12BrFO2/c1-7(12)6-15-11-4-3-9(13)5-10(11)8(2)14/h3-5,8,14H,1,6H2,2H3/t8-/m0/s1. The lowest BCUT2D eigenvalue weighted by Gasteiger charge is -2.12. The molecule has 1 aromatic carbocycles. The first-order valence-electron chi connectivity index (χ1n) is 4.44. The van der Waals surface area contributed by atoms with Gasteiger partial charge in [0, 0.05) is 10.0 Å². The number of aliphatic hydroxyl groups is 1. The molecule has 0 saturated heterocycles. The highest BCUT2D eigenvalue weighted by Crippen LogP contribution is 2.26. The topological polar surface area (TPSA) is 29.5 Å². The second-order valence-corrected chi connectivity index (χ2v) is 4.29. The van der Waals surface area contributed by atoms with E-state index in [1.165, 1.54) is 18.2 Å². The SMILES string of the molecule is C=C(Br)COc1ccc(F)cc1[C@H](C)O. The molecular formula is C11H12BrFO2. The Balaban J connectivity index is 2.90. The zero-order chi connectivity index (χ0) is 11.4. The zero-order valence-electron chi connectivity index (χ0n) is 8.34. The molecule has 0 aromatic heterocycles. The van der Waals surface area contributed by atoms with E-state index in [4.69, 9.17) is 4.74 Å². The highest BCUT2D eigenvalue weighted by molar-refractivity contribution is 9.11. The number of rotatable bonds is 4. The van der Waals surface area contributed by atoms with Gasteiger partial charge in [0.2, 0.25) is 0 Å². The molecule has 1 N–H and O–H groups in total. The molecular weight excluding hydrogens is 263 g/mol. The van der Waals surface area contributed by atoms with Crippen LogP contribution >= 0.6 is 15.9 Å². The van der Waals surface area contributed by atoms with Crippen molar-refractivity contribution < 1.29 is 14.2 Å². The molecule has 15 heavy (non-hydrogen) atoms. The summed E-state index contributed by atoms with van der Waals surface area (Å²) in [6.45, 7) is 5.46. The van der Waals surface area contributed by atoms with Gasteiger partial charge in [-0.1, -0.05) is 22.5 Å². The first-order valence-corrected chi connectivity index (χ1v) is 5.23. The number of hydrogen-bond donors (Lipinski definition) is 1. The van der Waals surface area contributed by atoms with Crippen LogP contribution in [0.3, 0.4) is 0 Å². The van der Waals surface area contributed by atoms with Crippen LogP contribution in [0.5, 0.6) is 5.75 Å². The van der Waals surface area contributed by atoms with Gasteiger partial charge in [0.05, 0.1) is 6.10 Å². The fourth-order valence-corrected chi connectivity index (χ4v) is 1.25. The Labute approximate surface area is 96.5 Å². The molecule has 1 aromatic rings. The van der Waals surface area contributed by atoms with Crippen LogP contribution in [0.1, 0.15) is 18.6 Å². The second-order valence-electron chi connectivity index (χ2n) is 3.16. The second kappa shape index (κ2) is 5.28. The van der Waals surface area contributed by atoms with Crippen LogP contribution in [0.2, 0.25) is 0 Å². The molecule has 0 bridgehead atoms. The van der Waals surface area contributed by atoms with Crippen molar-refractivity contribution in [3.05, 3.63) is 40.6 Å². The van der Waals surface area contributed by atoms with E-state index in [0.29, 0.717) is 15.8 Å². The first kappa shape index (κ1) is 12.2. The molecule has 0 spiro atoms. The zero-order valence-corrected chi connectivity index (χ0v) is 9.92. The van der Waals surface area contributed by atoms with E-state index in [1.807, 2.05) is 0 Å². The van der Waals surface area contributed by atoms with Gasteiger partial charge in [-0.05, 0) is 25.1 Å². The lowest BCUT2D eigenvalue weighted by Crippen LogP contribution is -2.02. The Morgan fingerprint density at radius 3 is 2.87 bits per heavy atom. The van der Waals surface area contributed by atoms with Crippen LogP contribution in [0, 0.1) is 5.82 Å². The minimum absolute atomic E-state index is 0.283. The fraction of sp³-hybridized carbons (Fsp3) is 0.273. The molecule has 1 rings (SSSR count). The molecule has 1 atom stereocenters. The molecule has 0 aliphatic rings. The highest BCUT2D eigenvalue weighted by Gasteiger charge is 2.10. The summed E-state index contributed by atoms with van der Waals surface area (Å²) in [5.41, 5.74) is 0.434. The van der Waals surface area contributed by atoms with Crippen molar-refractivity contribution >= 4 is 15.9 Å². The molecule has 0 fully saturated rings. The van der Waals surface area contributed by atoms with Crippen LogP contribution in [-0.4, -0.2) is 11.7 Å². The van der Waals surface area contributed by atoms with Crippen molar-refractivity contribution in [2.24, 2.45) is 0 Å². The molecule has 2 nitrogen and oxygen atoms in total. The van der Waals surface area contributed by atoms with E-state index in [9.17, 15) is 9.50 Å². The summed E-state index contributed by atoms with van der Waals surface area (Å²) < 4.78 is 18.9. The van der Waals surface area contributed by atoms with Crippen LogP contribution in [-0.2, 0) is 0 Å². The lowest BCUT2D eigenvalue weighted by molar-refractivity contribution is 0.192. The van der Waals surface area contributed by atoms with Crippen LogP contribution in [0.25, 0.3) is 0 Å². The average Bonchev–Trinajstić information content (AvgIpc) is 2.15. The first-order chi connectivity index (χ1) is 7.00. The van der Waals surface area contributed by atoms with Crippen molar-refractivity contribution in [3.63, 3.8) is 0 Å². The Morgan fingerprint density at radius 1 is 1.67 bits per heavy atom. The molecule has 0 unspecified atom stereocenters. The summed E-state index contributed by atoms with van der Waals surface area (Å²) in [6, 6.07) is 4.04. The van der Waals surface area contributed by atoms with Crippen molar-refractivity contribution in [1.82, 2.24) is 0 Å². The largest absolute Gasteiger partial charge is 0.488 e. The van der Waals surface area contributed by atoms with Gasteiger partial charge in [0.1, 0.15) is 18.2 Å². The fourth-order valence-electron chi connectivity index (χ4n) is 1.13. The third-order valence-corrected chi connectivity index (χ3v) is 2.04. The smallest absolute Gasteiger partial charge is 0.125 e. The van der Waals surface area contributed by atoms with Gasteiger partial charge in [0.15, 0.2) is 0 Å². The average molecular weight is 275 g/mol. The molecule has 4 heteroatoms. The van der Waals surface area contributed by atoms with Crippen LogP contribution in [0.4, 0.5) is 4.39 Å². The molecule has 0 aliphatic carbocycles. The van der Waals surface area contributed by atoms with Gasteiger partial charge < -0.3 is 9.84 Å². The molecule has 0 aliphatic heterocycles. The van der Waals surface area contributed by atoms with Gasteiger partial charge in [-0.2, -0.15) is 0 Å². The van der Waals surface area contributed by atoms with E-state index >= 15 is 0 Å². The van der Waals surface area contributed by atoms with Crippen molar-refractivity contribution in [2.45, 2.75) is 13.0 Å². The number of benzene rings is 1. The summed E-state index contributed by atoms with van der Waals surface area (Å²) in [6.07, 6.45) is -0.765. The number of halogens is 2. The maximum Gasteiger partial charge on any atom is 0.125 e. The van der Waals surface area contributed by atoms with Crippen molar-refractivity contribution in [2.75, 3.05) is 6.61 Å². The summed E-state index contributed by atoms with van der Waals surface area (Å²) >= 11 is 3.15. The van der Waals surface area contributed by atoms with Crippen molar-refractivity contribution in [1.29, 1.82) is 0 Å². The summed E-state index contributed by atoms with van der Waals surface area (Å²) in [5.74, 6) is 0.0721. The van der Waals surface area contributed by atoms with E-state index in [0.717, 1.165) is 0 Å². The van der Waals surface area contributed by atoms with E-state index in [1.54, 1.807) is 6.92 Å². The normalized spacial score (nSPS) is 12.3. The molecule has 0 radical (unpaired) electrons. The summed E-state index contributed by atoms with van der Waals surface area (Å²) in [5, 5.41) is 9.41. The number of aliphatic hydroxyl groups excluding tert-OH is 1. The monoisotopic (exact) mass is 274 g/mol. The minimum Gasteiger partial charge on any atom is -0.488 e. The third kappa shape index (κ3) is 3.64. The predicted octanol–water partition coefficient (Wildman–Crippen LogP) is 3.17. The summed E-state index contributed by atoms with van der Waals surface area (Å²) in [4.78, 5) is 0. The Kier molecular flexibility index (Phi) is 4.29. The van der Waals surface area contributed by atoms with Gasteiger partial charge in [-0.15, -0.1) is 0 Å². The van der Waals surface area contributed by atoms with Gasteiger partial charge >= 0.3 is 0 Å². The Morgan fingerprint density at radius 2 is 2.33 bits per heavy atom. The quantitative estimate of drug-likeness (QED) is 0.914. The Hall–Kier alpha value is -0.870. The van der Waals surface area contributed by atoms with E-state index in [-0.39, 0.29) is 6.61 Å². The lowest BCUT2D eigenvalue weighted by atomic mass is 10.1. The molecule has 0 saturated carbocycles. The number of ether oxygens (including phenoxy) is 1. The Bertz CT molecular complexity index is 364. The molecule has 0 amide bonds. The minimum atomic E-state index is -0.765. The van der Waals surface area contributed by atoms with Gasteiger partial charge in [0.25, 0.3) is 0 Å². The van der Waals surface area contributed by atoms with E-state index < -0.39 is 11.9 Å². The number of hydrogen-bond acceptors (Lipinski definition) is 2.